The van der Waals surface area contributed by atoms with Crippen LogP contribution in [0, 0.1) is 0 Å². The monoisotopic (exact) mass is 375 g/mol. The highest BCUT2D eigenvalue weighted by Gasteiger charge is 2.16. The van der Waals surface area contributed by atoms with Gasteiger partial charge in [0.25, 0.3) is 5.56 Å². The van der Waals surface area contributed by atoms with E-state index in [9.17, 15) is 9.59 Å². The summed E-state index contributed by atoms with van der Waals surface area (Å²) in [5, 5.41) is 3.22. The van der Waals surface area contributed by atoms with Gasteiger partial charge in [0.15, 0.2) is 0 Å². The molecule has 3 rings (SSSR count). The van der Waals surface area contributed by atoms with Gasteiger partial charge in [-0.2, -0.15) is 0 Å². The maximum Gasteiger partial charge on any atom is 0.262 e. The molecule has 0 aliphatic rings. The second-order valence-electron chi connectivity index (χ2n) is 5.74. The van der Waals surface area contributed by atoms with Crippen LogP contribution < -0.4 is 11.3 Å². The molecular weight excluding hydrogens is 358 g/mol. The molecule has 0 atom stereocenters. The lowest BCUT2D eigenvalue weighted by atomic mass is 10.1. The third-order valence-corrected chi connectivity index (χ3v) is 5.17. The second kappa shape index (κ2) is 7.37. The molecule has 0 aliphatic heterocycles. The van der Waals surface area contributed by atoms with E-state index < -0.39 is 0 Å². The maximum absolute atomic E-state index is 13.1. The number of halogens is 1. The molecule has 2 N–H and O–H groups in total. The molecule has 3 aromatic rings. The van der Waals surface area contributed by atoms with Crippen LogP contribution in [0.25, 0.3) is 21.3 Å². The van der Waals surface area contributed by atoms with E-state index in [-0.39, 0.29) is 17.9 Å². The Labute approximate surface area is 154 Å². The summed E-state index contributed by atoms with van der Waals surface area (Å²) in [5.74, 6) is 0.365. The van der Waals surface area contributed by atoms with E-state index in [1.165, 1.54) is 11.3 Å². The van der Waals surface area contributed by atoms with Crippen molar-refractivity contribution in [3.05, 3.63) is 50.8 Å². The van der Waals surface area contributed by atoms with E-state index in [0.717, 1.165) is 21.8 Å². The smallest absolute Gasteiger partial charge is 0.262 e. The lowest BCUT2D eigenvalue weighted by molar-refractivity contribution is -0.118. The maximum atomic E-state index is 13.1. The number of thiophene rings is 1. The van der Waals surface area contributed by atoms with E-state index >= 15 is 0 Å². The van der Waals surface area contributed by atoms with Crippen LogP contribution in [0.2, 0.25) is 5.02 Å². The molecule has 130 valence electrons. The summed E-state index contributed by atoms with van der Waals surface area (Å²) >= 11 is 7.42. The van der Waals surface area contributed by atoms with Crippen molar-refractivity contribution in [2.45, 2.75) is 32.7 Å². The first-order valence-corrected chi connectivity index (χ1v) is 9.32. The van der Waals surface area contributed by atoms with Crippen molar-refractivity contribution in [1.82, 2.24) is 9.55 Å². The number of aryl methyl sites for hydroxylation is 1. The zero-order valence-electron chi connectivity index (χ0n) is 13.8. The first kappa shape index (κ1) is 17.6. The first-order chi connectivity index (χ1) is 12.0. The number of primary amides is 1. The van der Waals surface area contributed by atoms with Gasteiger partial charge in [-0.15, -0.1) is 11.3 Å². The van der Waals surface area contributed by atoms with Gasteiger partial charge >= 0.3 is 0 Å². The average molecular weight is 376 g/mol. The van der Waals surface area contributed by atoms with Gasteiger partial charge in [0.2, 0.25) is 5.91 Å². The summed E-state index contributed by atoms with van der Waals surface area (Å²) in [7, 11) is 0. The molecular formula is C18H18ClN3O2S. The minimum Gasteiger partial charge on any atom is -0.370 e. The standard InChI is InChI=1S/C18H18ClN3O2S/c1-2-15-21-17-16(18(24)22(15)9-3-4-14(20)23)13(10-25-17)11-5-7-12(19)8-6-11/h5-8,10H,2-4,9H2,1H3,(H2,20,23). The van der Waals surface area contributed by atoms with Crippen LogP contribution in [0.5, 0.6) is 0 Å². The Hall–Kier alpha value is -2.18. The van der Waals surface area contributed by atoms with Crippen LogP contribution in [-0.4, -0.2) is 15.5 Å². The Morgan fingerprint density at radius 1 is 1.32 bits per heavy atom. The zero-order chi connectivity index (χ0) is 18.0. The number of rotatable bonds is 6. The van der Waals surface area contributed by atoms with E-state index in [4.69, 9.17) is 17.3 Å². The lowest BCUT2D eigenvalue weighted by Gasteiger charge is -2.11. The Balaban J connectivity index is 2.11. The number of benzene rings is 1. The molecule has 2 heterocycles. The fraction of sp³-hybridized carbons (Fsp3) is 0.278. The fourth-order valence-electron chi connectivity index (χ4n) is 2.82. The Morgan fingerprint density at radius 3 is 2.68 bits per heavy atom. The number of carbonyl (C=O) groups excluding carboxylic acids is 1. The van der Waals surface area contributed by atoms with E-state index in [0.29, 0.717) is 29.8 Å². The summed E-state index contributed by atoms with van der Waals surface area (Å²) in [5.41, 5.74) is 6.92. The SMILES string of the molecule is CCc1nc2scc(-c3ccc(Cl)cc3)c2c(=O)n1CCCC(N)=O. The molecule has 0 saturated heterocycles. The number of nitrogens with zero attached hydrogens (tertiary/aromatic N) is 2. The molecule has 2 aromatic heterocycles. The van der Waals surface area contributed by atoms with Crippen LogP contribution in [0.1, 0.15) is 25.6 Å². The Kier molecular flexibility index (Phi) is 5.20. The highest BCUT2D eigenvalue weighted by Crippen LogP contribution is 2.31. The number of carbonyl (C=O) groups is 1. The molecule has 25 heavy (non-hydrogen) atoms. The highest BCUT2D eigenvalue weighted by molar-refractivity contribution is 7.17. The van der Waals surface area contributed by atoms with Crippen molar-refractivity contribution in [2.75, 3.05) is 0 Å². The fourth-order valence-corrected chi connectivity index (χ4v) is 3.90. The molecule has 1 aromatic carbocycles. The van der Waals surface area contributed by atoms with Crippen molar-refractivity contribution >= 4 is 39.1 Å². The van der Waals surface area contributed by atoms with Gasteiger partial charge in [-0.05, 0) is 24.1 Å². The van der Waals surface area contributed by atoms with Crippen LogP contribution in [0.3, 0.4) is 0 Å². The number of aromatic nitrogens is 2. The number of hydrogen-bond donors (Lipinski definition) is 1. The summed E-state index contributed by atoms with van der Waals surface area (Å²) in [6, 6.07) is 7.40. The van der Waals surface area contributed by atoms with E-state index in [2.05, 4.69) is 4.98 Å². The molecule has 1 amide bonds. The second-order valence-corrected chi connectivity index (χ2v) is 7.04. The highest BCUT2D eigenvalue weighted by atomic mass is 35.5. The average Bonchev–Trinajstić information content (AvgIpc) is 3.01. The molecule has 0 radical (unpaired) electrons. The summed E-state index contributed by atoms with van der Waals surface area (Å²) in [6.45, 7) is 2.40. The number of fused-ring (bicyclic) bond motifs is 1. The van der Waals surface area contributed by atoms with Gasteiger partial charge in [0, 0.05) is 35.4 Å². The molecule has 7 heteroatoms. The predicted molar refractivity (Wildman–Crippen MR) is 102 cm³/mol. The molecule has 0 saturated carbocycles. The number of hydrogen-bond acceptors (Lipinski definition) is 4. The number of nitrogens with two attached hydrogens (primary N) is 1. The van der Waals surface area contributed by atoms with Crippen LogP contribution in [0.15, 0.2) is 34.4 Å². The normalized spacial score (nSPS) is 11.1. The van der Waals surface area contributed by atoms with Gasteiger partial charge in [-0.1, -0.05) is 30.7 Å². The molecule has 5 nitrogen and oxygen atoms in total. The Morgan fingerprint density at radius 2 is 2.04 bits per heavy atom. The van der Waals surface area contributed by atoms with Crippen molar-refractivity contribution in [2.24, 2.45) is 5.73 Å². The minimum absolute atomic E-state index is 0.0717. The predicted octanol–water partition coefficient (Wildman–Crippen LogP) is 3.61. The molecule has 0 spiro atoms. The minimum atomic E-state index is -0.363. The molecule has 0 unspecified atom stereocenters. The van der Waals surface area contributed by atoms with Crippen molar-refractivity contribution < 1.29 is 4.79 Å². The quantitative estimate of drug-likeness (QED) is 0.714. The Bertz CT molecular complexity index is 976. The zero-order valence-corrected chi connectivity index (χ0v) is 15.4. The third-order valence-electron chi connectivity index (χ3n) is 4.05. The molecule has 0 aliphatic carbocycles. The van der Waals surface area contributed by atoms with Gasteiger partial charge in [-0.25, -0.2) is 4.98 Å². The van der Waals surface area contributed by atoms with E-state index in [1.807, 2.05) is 24.4 Å². The van der Waals surface area contributed by atoms with Crippen molar-refractivity contribution in [3.8, 4) is 11.1 Å². The lowest BCUT2D eigenvalue weighted by Crippen LogP contribution is -2.25. The third kappa shape index (κ3) is 3.60. The number of amides is 1. The summed E-state index contributed by atoms with van der Waals surface area (Å²) < 4.78 is 1.66. The van der Waals surface area contributed by atoms with Gasteiger partial charge in [0.05, 0.1) is 5.39 Å². The summed E-state index contributed by atoms with van der Waals surface area (Å²) in [4.78, 5) is 29.5. The van der Waals surface area contributed by atoms with Gasteiger partial charge in [0.1, 0.15) is 10.7 Å². The topological polar surface area (TPSA) is 78.0 Å². The largest absolute Gasteiger partial charge is 0.370 e. The van der Waals surface area contributed by atoms with Crippen LogP contribution in [-0.2, 0) is 17.8 Å². The van der Waals surface area contributed by atoms with E-state index in [1.54, 1.807) is 16.7 Å². The van der Waals surface area contributed by atoms with Crippen molar-refractivity contribution in [3.63, 3.8) is 0 Å². The van der Waals surface area contributed by atoms with Crippen LogP contribution in [0.4, 0.5) is 0 Å². The van der Waals surface area contributed by atoms with Gasteiger partial charge < -0.3 is 5.73 Å². The van der Waals surface area contributed by atoms with Crippen LogP contribution >= 0.6 is 22.9 Å². The molecule has 0 bridgehead atoms. The van der Waals surface area contributed by atoms with Crippen molar-refractivity contribution in [1.29, 1.82) is 0 Å². The van der Waals surface area contributed by atoms with Gasteiger partial charge in [-0.3, -0.25) is 14.2 Å². The first-order valence-electron chi connectivity index (χ1n) is 8.06. The molecule has 0 fully saturated rings. The summed E-state index contributed by atoms with van der Waals surface area (Å²) in [6.07, 6.45) is 1.42.